The summed E-state index contributed by atoms with van der Waals surface area (Å²) in [6, 6.07) is 12.1. The second-order valence-electron chi connectivity index (χ2n) is 6.82. The standard InChI is InChI=1S/C20H26N4O2/c1-3-23(15-25)14-18-8-6-12-24(18)20(26)22(2)13-17-11-10-16-7-4-5-9-19(16)21-17/h4-5,7,9-11,15,18H,3,6,8,12-14H2,1-2H3/t18-/m1/s1. The summed E-state index contributed by atoms with van der Waals surface area (Å²) < 4.78 is 0. The number of pyridine rings is 1. The number of hydrogen-bond donors (Lipinski definition) is 0. The van der Waals surface area contributed by atoms with Crippen LogP contribution in [0.5, 0.6) is 0 Å². The first-order chi connectivity index (χ1) is 12.6. The molecule has 0 saturated carbocycles. The van der Waals surface area contributed by atoms with E-state index in [1.807, 2.05) is 55.3 Å². The number of hydrogen-bond acceptors (Lipinski definition) is 3. The molecule has 6 nitrogen and oxygen atoms in total. The monoisotopic (exact) mass is 354 g/mol. The van der Waals surface area contributed by atoms with Crippen molar-refractivity contribution in [3.63, 3.8) is 0 Å². The number of rotatable bonds is 6. The highest BCUT2D eigenvalue weighted by atomic mass is 16.2. The van der Waals surface area contributed by atoms with Crippen LogP contribution in [0.4, 0.5) is 4.79 Å². The lowest BCUT2D eigenvalue weighted by Crippen LogP contribution is -2.47. The quantitative estimate of drug-likeness (QED) is 0.750. The lowest BCUT2D eigenvalue weighted by atomic mass is 10.2. The largest absolute Gasteiger partial charge is 0.343 e. The van der Waals surface area contributed by atoms with Crippen molar-refractivity contribution in [1.82, 2.24) is 19.7 Å². The van der Waals surface area contributed by atoms with Crippen LogP contribution in [0.15, 0.2) is 36.4 Å². The molecule has 0 spiro atoms. The van der Waals surface area contributed by atoms with Crippen LogP contribution >= 0.6 is 0 Å². The number of aromatic nitrogens is 1. The molecule has 3 rings (SSSR count). The van der Waals surface area contributed by atoms with Crippen LogP contribution in [-0.4, -0.2) is 64.8 Å². The molecule has 1 aliphatic heterocycles. The molecule has 2 heterocycles. The summed E-state index contributed by atoms with van der Waals surface area (Å²) >= 11 is 0. The van der Waals surface area contributed by atoms with Crippen LogP contribution in [0.1, 0.15) is 25.5 Å². The van der Waals surface area contributed by atoms with Gasteiger partial charge in [-0.2, -0.15) is 0 Å². The molecule has 26 heavy (non-hydrogen) atoms. The third-order valence-electron chi connectivity index (χ3n) is 5.01. The van der Waals surface area contributed by atoms with E-state index in [2.05, 4.69) is 4.98 Å². The van der Waals surface area contributed by atoms with Crippen LogP contribution in [-0.2, 0) is 11.3 Å². The van der Waals surface area contributed by atoms with E-state index >= 15 is 0 Å². The van der Waals surface area contributed by atoms with Gasteiger partial charge in [0.15, 0.2) is 0 Å². The predicted molar refractivity (Wildman–Crippen MR) is 102 cm³/mol. The van der Waals surface area contributed by atoms with Gasteiger partial charge in [-0.25, -0.2) is 4.79 Å². The first kappa shape index (κ1) is 18.2. The van der Waals surface area contributed by atoms with Crippen molar-refractivity contribution in [2.24, 2.45) is 0 Å². The van der Waals surface area contributed by atoms with Crippen molar-refractivity contribution >= 4 is 23.3 Å². The average molecular weight is 354 g/mol. The van der Waals surface area contributed by atoms with E-state index in [0.29, 0.717) is 19.6 Å². The molecule has 1 aromatic carbocycles. The van der Waals surface area contributed by atoms with Gasteiger partial charge in [0.25, 0.3) is 0 Å². The summed E-state index contributed by atoms with van der Waals surface area (Å²) in [4.78, 5) is 34.0. The molecule has 0 unspecified atom stereocenters. The number of nitrogens with zero attached hydrogens (tertiary/aromatic N) is 4. The first-order valence-corrected chi connectivity index (χ1v) is 9.18. The molecule has 1 atom stereocenters. The summed E-state index contributed by atoms with van der Waals surface area (Å²) in [5.74, 6) is 0. The topological polar surface area (TPSA) is 56.8 Å². The van der Waals surface area contributed by atoms with Gasteiger partial charge >= 0.3 is 6.03 Å². The molecule has 1 aromatic heterocycles. The van der Waals surface area contributed by atoms with Crippen molar-refractivity contribution in [3.05, 3.63) is 42.1 Å². The van der Waals surface area contributed by atoms with Gasteiger partial charge in [-0.3, -0.25) is 9.78 Å². The molecule has 0 radical (unpaired) electrons. The van der Waals surface area contributed by atoms with Gasteiger partial charge in [-0.1, -0.05) is 24.3 Å². The Morgan fingerprint density at radius 3 is 2.88 bits per heavy atom. The number of fused-ring (bicyclic) bond motifs is 1. The van der Waals surface area contributed by atoms with Gasteiger partial charge in [-0.05, 0) is 31.9 Å². The normalized spacial score (nSPS) is 16.7. The van der Waals surface area contributed by atoms with Crippen LogP contribution in [0.3, 0.4) is 0 Å². The van der Waals surface area contributed by atoms with Gasteiger partial charge in [0, 0.05) is 32.1 Å². The molecular formula is C20H26N4O2. The second kappa shape index (κ2) is 8.17. The molecule has 1 fully saturated rings. The Labute approximate surface area is 154 Å². The molecule has 6 heteroatoms. The first-order valence-electron chi connectivity index (χ1n) is 9.18. The number of amides is 3. The summed E-state index contributed by atoms with van der Waals surface area (Å²) in [6.45, 7) is 4.44. The zero-order chi connectivity index (χ0) is 18.5. The molecule has 138 valence electrons. The van der Waals surface area contributed by atoms with Crippen molar-refractivity contribution in [3.8, 4) is 0 Å². The van der Waals surface area contributed by atoms with Crippen molar-refractivity contribution in [2.45, 2.75) is 32.4 Å². The zero-order valence-electron chi connectivity index (χ0n) is 15.5. The maximum Gasteiger partial charge on any atom is 0.320 e. The second-order valence-corrected chi connectivity index (χ2v) is 6.82. The van der Waals surface area contributed by atoms with E-state index in [-0.39, 0.29) is 12.1 Å². The fraction of sp³-hybridized carbons (Fsp3) is 0.450. The van der Waals surface area contributed by atoms with Gasteiger partial charge in [0.05, 0.1) is 23.8 Å². The van der Waals surface area contributed by atoms with Crippen LogP contribution < -0.4 is 0 Å². The predicted octanol–water partition coefficient (Wildman–Crippen LogP) is 2.73. The van der Waals surface area contributed by atoms with Crippen molar-refractivity contribution in [1.29, 1.82) is 0 Å². The van der Waals surface area contributed by atoms with Crippen LogP contribution in [0.25, 0.3) is 10.9 Å². The number of likely N-dealkylation sites (tertiary alicyclic amines) is 1. The highest BCUT2D eigenvalue weighted by molar-refractivity contribution is 5.78. The maximum absolute atomic E-state index is 12.9. The molecule has 3 amide bonds. The van der Waals surface area contributed by atoms with E-state index in [4.69, 9.17) is 0 Å². The molecule has 0 N–H and O–H groups in total. The maximum atomic E-state index is 12.9. The number of likely N-dealkylation sites (N-methyl/N-ethyl adjacent to an activating group) is 1. The van der Waals surface area contributed by atoms with Crippen LogP contribution in [0.2, 0.25) is 0 Å². The summed E-state index contributed by atoms with van der Waals surface area (Å²) in [5.41, 5.74) is 1.81. The smallest absolute Gasteiger partial charge is 0.320 e. The minimum Gasteiger partial charge on any atom is -0.343 e. The van der Waals surface area contributed by atoms with E-state index in [9.17, 15) is 9.59 Å². The Hall–Kier alpha value is -2.63. The number of carbonyl (C=O) groups excluding carboxylic acids is 2. The Morgan fingerprint density at radius 1 is 1.31 bits per heavy atom. The van der Waals surface area contributed by atoms with Gasteiger partial charge < -0.3 is 14.7 Å². The third-order valence-corrected chi connectivity index (χ3v) is 5.01. The van der Waals surface area contributed by atoms with E-state index < -0.39 is 0 Å². The lowest BCUT2D eigenvalue weighted by Gasteiger charge is -2.31. The zero-order valence-corrected chi connectivity index (χ0v) is 15.5. The summed E-state index contributed by atoms with van der Waals surface area (Å²) in [6.07, 6.45) is 2.79. The van der Waals surface area contributed by atoms with E-state index in [1.54, 1.807) is 9.80 Å². The number of carbonyl (C=O) groups is 2. The molecule has 1 saturated heterocycles. The minimum absolute atomic E-state index is 0.00408. The molecule has 0 aliphatic carbocycles. The van der Waals surface area contributed by atoms with Gasteiger partial charge in [0.1, 0.15) is 0 Å². The fourth-order valence-electron chi connectivity index (χ4n) is 3.52. The Bertz CT molecular complexity index is 779. The van der Waals surface area contributed by atoms with Crippen molar-refractivity contribution < 1.29 is 9.59 Å². The van der Waals surface area contributed by atoms with Gasteiger partial charge in [-0.15, -0.1) is 0 Å². The Balaban J connectivity index is 1.66. The van der Waals surface area contributed by atoms with E-state index in [1.165, 1.54) is 0 Å². The molecule has 1 aliphatic rings. The Morgan fingerprint density at radius 2 is 2.12 bits per heavy atom. The minimum atomic E-state index is 0.00408. The van der Waals surface area contributed by atoms with E-state index in [0.717, 1.165) is 42.4 Å². The van der Waals surface area contributed by atoms with Gasteiger partial charge in [0.2, 0.25) is 6.41 Å². The highest BCUT2D eigenvalue weighted by Crippen LogP contribution is 2.20. The van der Waals surface area contributed by atoms with Crippen LogP contribution in [0, 0.1) is 0 Å². The SMILES string of the molecule is CCN(C=O)C[C@H]1CCCN1C(=O)N(C)Cc1ccc2ccccc2n1. The van der Waals surface area contributed by atoms with Crippen molar-refractivity contribution in [2.75, 3.05) is 26.7 Å². The number of urea groups is 1. The highest BCUT2D eigenvalue weighted by Gasteiger charge is 2.31. The molecule has 2 aromatic rings. The lowest BCUT2D eigenvalue weighted by molar-refractivity contribution is -0.118. The Kier molecular flexibility index (Phi) is 5.71. The summed E-state index contributed by atoms with van der Waals surface area (Å²) in [7, 11) is 1.81. The molecule has 0 bridgehead atoms. The third kappa shape index (κ3) is 3.95. The number of para-hydroxylation sites is 1. The summed E-state index contributed by atoms with van der Waals surface area (Å²) in [5, 5.41) is 1.10. The average Bonchev–Trinajstić information content (AvgIpc) is 3.13. The number of benzene rings is 1. The molecular weight excluding hydrogens is 328 g/mol. The fourth-order valence-corrected chi connectivity index (χ4v) is 3.52.